The highest BCUT2D eigenvalue weighted by molar-refractivity contribution is 7.90. The molecule has 0 saturated carbocycles. The maximum Gasteiger partial charge on any atom is 0.251 e. The number of likely N-dealkylation sites (tertiary alicyclic amines) is 1. The van der Waals surface area contributed by atoms with Gasteiger partial charge in [-0.15, -0.1) is 5.10 Å². The first-order chi connectivity index (χ1) is 21.5. The van der Waals surface area contributed by atoms with Gasteiger partial charge < -0.3 is 9.88 Å². The van der Waals surface area contributed by atoms with Gasteiger partial charge in [0.05, 0.1) is 11.9 Å². The Labute approximate surface area is 265 Å². The third kappa shape index (κ3) is 6.51. The lowest BCUT2D eigenvalue weighted by atomic mass is 9.97. The van der Waals surface area contributed by atoms with Gasteiger partial charge in [0.15, 0.2) is 5.78 Å². The summed E-state index contributed by atoms with van der Waals surface area (Å²) < 4.78 is 59.5. The number of sulfonamides is 1. The lowest BCUT2D eigenvalue weighted by Gasteiger charge is -2.32. The first-order valence-corrected chi connectivity index (χ1v) is 16.7. The largest absolute Gasteiger partial charge is 0.352 e. The van der Waals surface area contributed by atoms with Crippen LogP contribution >= 0.6 is 11.6 Å². The minimum Gasteiger partial charge on any atom is -0.352 e. The predicted molar refractivity (Wildman–Crippen MR) is 170 cm³/mol. The average Bonchev–Trinajstić information content (AvgIpc) is 3.63. The van der Waals surface area contributed by atoms with E-state index in [2.05, 4.69) is 24.9 Å². The summed E-state index contributed by atoms with van der Waals surface area (Å²) in [6, 6.07) is 11.5. The molecule has 0 radical (unpaired) electrons. The Kier molecular flexibility index (Phi) is 8.75. The number of nitrogens with zero attached hydrogens (tertiary/aromatic N) is 4. The van der Waals surface area contributed by atoms with Gasteiger partial charge in [0, 0.05) is 54.5 Å². The van der Waals surface area contributed by atoms with E-state index in [0.29, 0.717) is 57.5 Å². The maximum atomic E-state index is 15.5. The summed E-state index contributed by atoms with van der Waals surface area (Å²) in [6.07, 6.45) is 7.32. The Hall–Kier alpha value is -3.71. The SMILES string of the molecule is CC(=O)c1[nH]c2ccc(F)cc2c1-c1cn(CC2CCN(CCNS(=O)(=O)C3(F)C=CC(c4ccccc4Cl)=CC3)CC2)nn1. The molecule has 236 valence electrons. The van der Waals surface area contributed by atoms with Crippen LogP contribution in [0.15, 0.2) is 66.9 Å². The third-order valence-electron chi connectivity index (χ3n) is 8.52. The fourth-order valence-corrected chi connectivity index (χ4v) is 7.40. The molecule has 4 aromatic rings. The lowest BCUT2D eigenvalue weighted by molar-refractivity contribution is 0.101. The number of hydrogen-bond acceptors (Lipinski definition) is 6. The number of carbonyl (C=O) groups excluding carboxylic acids is 1. The van der Waals surface area contributed by atoms with E-state index in [9.17, 15) is 17.6 Å². The van der Waals surface area contributed by atoms with Crippen molar-refractivity contribution in [3.63, 3.8) is 0 Å². The topological polar surface area (TPSA) is 113 Å². The summed E-state index contributed by atoms with van der Waals surface area (Å²) in [6.45, 7) is 4.16. The number of H-pyrrole nitrogens is 1. The van der Waals surface area contributed by atoms with Crippen LogP contribution < -0.4 is 4.72 Å². The van der Waals surface area contributed by atoms with Crippen molar-refractivity contribution in [2.24, 2.45) is 5.92 Å². The minimum absolute atomic E-state index is 0.101. The summed E-state index contributed by atoms with van der Waals surface area (Å²) in [5, 5.41) is 7.12. The number of ketones is 1. The molecule has 1 aliphatic heterocycles. The molecule has 9 nitrogen and oxygen atoms in total. The number of alkyl halides is 1. The monoisotopic (exact) mass is 654 g/mol. The second kappa shape index (κ2) is 12.6. The van der Waals surface area contributed by atoms with E-state index in [1.165, 1.54) is 25.1 Å². The van der Waals surface area contributed by atoms with Crippen molar-refractivity contribution in [3.8, 4) is 11.3 Å². The predicted octanol–water partition coefficient (Wildman–Crippen LogP) is 5.76. The molecule has 1 aliphatic carbocycles. The number of fused-ring (bicyclic) bond motifs is 1. The van der Waals surface area contributed by atoms with Crippen LogP contribution in [-0.2, 0) is 16.6 Å². The second-order valence-electron chi connectivity index (χ2n) is 11.6. The van der Waals surface area contributed by atoms with Crippen LogP contribution in [0.1, 0.15) is 42.2 Å². The molecule has 13 heteroatoms. The van der Waals surface area contributed by atoms with Gasteiger partial charge in [-0.25, -0.2) is 21.9 Å². The summed E-state index contributed by atoms with van der Waals surface area (Å²) in [5.41, 5.74) is 3.46. The van der Waals surface area contributed by atoms with E-state index in [0.717, 1.165) is 37.6 Å². The summed E-state index contributed by atoms with van der Waals surface area (Å²) in [7, 11) is -4.26. The van der Waals surface area contributed by atoms with Crippen molar-refractivity contribution in [1.29, 1.82) is 0 Å². The molecule has 3 heterocycles. The number of aromatic nitrogens is 4. The number of nitrogens with one attached hydrogen (secondary N) is 2. The van der Waals surface area contributed by atoms with E-state index < -0.39 is 20.8 Å². The highest BCUT2D eigenvalue weighted by Gasteiger charge is 2.42. The van der Waals surface area contributed by atoms with E-state index in [-0.39, 0.29) is 18.7 Å². The summed E-state index contributed by atoms with van der Waals surface area (Å²) >= 11 is 6.23. The molecule has 1 unspecified atom stereocenters. The number of aromatic amines is 1. The fourth-order valence-electron chi connectivity index (χ4n) is 6.01. The highest BCUT2D eigenvalue weighted by atomic mass is 35.5. The number of allylic oxidation sites excluding steroid dienone is 3. The van der Waals surface area contributed by atoms with Crippen LogP contribution in [0, 0.1) is 11.7 Å². The molecule has 1 saturated heterocycles. The first-order valence-electron chi connectivity index (χ1n) is 14.8. The van der Waals surface area contributed by atoms with Crippen LogP contribution in [0.4, 0.5) is 8.78 Å². The smallest absolute Gasteiger partial charge is 0.251 e. The van der Waals surface area contributed by atoms with E-state index in [4.69, 9.17) is 11.6 Å². The molecule has 1 fully saturated rings. The third-order valence-corrected chi connectivity index (χ3v) is 10.6. The zero-order valence-electron chi connectivity index (χ0n) is 24.6. The van der Waals surface area contributed by atoms with Crippen LogP contribution in [0.3, 0.4) is 0 Å². The van der Waals surface area contributed by atoms with Gasteiger partial charge in [0.25, 0.3) is 10.0 Å². The van der Waals surface area contributed by atoms with Crippen molar-refractivity contribution in [2.75, 3.05) is 26.2 Å². The Morgan fingerprint density at radius 3 is 2.69 bits per heavy atom. The number of carbonyl (C=O) groups is 1. The van der Waals surface area contributed by atoms with Crippen molar-refractivity contribution in [3.05, 3.63) is 89.0 Å². The Morgan fingerprint density at radius 2 is 1.98 bits per heavy atom. The number of benzene rings is 2. The van der Waals surface area contributed by atoms with Gasteiger partial charge >= 0.3 is 0 Å². The van der Waals surface area contributed by atoms with Crippen molar-refractivity contribution < 1.29 is 22.0 Å². The molecular formula is C32H33ClF2N6O3S. The van der Waals surface area contributed by atoms with Gasteiger partial charge in [-0.2, -0.15) is 0 Å². The van der Waals surface area contributed by atoms with Crippen molar-refractivity contribution in [2.45, 2.75) is 37.7 Å². The molecular weight excluding hydrogens is 622 g/mol. The van der Waals surface area contributed by atoms with Crippen LogP contribution in [-0.4, -0.2) is 70.3 Å². The number of halogens is 3. The van der Waals surface area contributed by atoms with Gasteiger partial charge in [-0.1, -0.05) is 47.2 Å². The lowest BCUT2D eigenvalue weighted by Crippen LogP contribution is -2.45. The maximum absolute atomic E-state index is 15.5. The molecule has 0 spiro atoms. The molecule has 0 bridgehead atoms. The van der Waals surface area contributed by atoms with E-state index in [1.807, 2.05) is 12.1 Å². The van der Waals surface area contributed by atoms with E-state index >= 15 is 4.39 Å². The second-order valence-corrected chi connectivity index (χ2v) is 14.0. The van der Waals surface area contributed by atoms with Gasteiger partial charge in [-0.3, -0.25) is 9.48 Å². The van der Waals surface area contributed by atoms with Crippen molar-refractivity contribution in [1.82, 2.24) is 29.6 Å². The first kappa shape index (κ1) is 31.3. The number of Topliss-reactive ketones (excluding diaryl/α,β-unsaturated/α-hetero) is 1. The fraction of sp³-hybridized carbons (Fsp3) is 0.344. The van der Waals surface area contributed by atoms with Crippen LogP contribution in [0.2, 0.25) is 5.02 Å². The molecule has 0 amide bonds. The Morgan fingerprint density at radius 1 is 1.20 bits per heavy atom. The number of piperidine rings is 1. The molecule has 45 heavy (non-hydrogen) atoms. The van der Waals surface area contributed by atoms with Crippen LogP contribution in [0.5, 0.6) is 0 Å². The standard InChI is InChI=1S/C32H33ClF2N6O3S/c1-21(42)31-30(26-18-24(34)6-7-28(26)37-31)29-20-41(39-38-29)19-22-10-15-40(16-11-22)17-14-36-45(43,44)32(35)12-8-23(9-13-32)25-4-2-3-5-27(25)33/h2-9,12,18,20,22,36-37H,10-11,13-17,19H2,1H3. The van der Waals surface area contributed by atoms with Crippen molar-refractivity contribution >= 4 is 43.9 Å². The molecule has 2 aromatic carbocycles. The quantitative estimate of drug-likeness (QED) is 0.210. The highest BCUT2D eigenvalue weighted by Crippen LogP contribution is 2.36. The zero-order chi connectivity index (χ0) is 31.8. The van der Waals surface area contributed by atoms with Crippen LogP contribution in [0.25, 0.3) is 27.7 Å². The average molecular weight is 655 g/mol. The minimum atomic E-state index is -4.26. The van der Waals surface area contributed by atoms with Gasteiger partial charge in [0.1, 0.15) is 11.5 Å². The normalized spacial score (nSPS) is 19.7. The number of rotatable bonds is 10. The van der Waals surface area contributed by atoms with Gasteiger partial charge in [0.2, 0.25) is 5.00 Å². The Balaban J connectivity index is 1.000. The number of hydrogen-bond donors (Lipinski definition) is 2. The van der Waals surface area contributed by atoms with Gasteiger partial charge in [-0.05, 0) is 73.3 Å². The molecule has 6 rings (SSSR count). The summed E-state index contributed by atoms with van der Waals surface area (Å²) in [4.78, 5) is 17.5. The molecule has 1 atom stereocenters. The molecule has 2 aliphatic rings. The molecule has 2 aromatic heterocycles. The summed E-state index contributed by atoms with van der Waals surface area (Å²) in [5.74, 6) is -0.261. The molecule has 2 N–H and O–H groups in total. The Bertz CT molecular complexity index is 1910. The zero-order valence-corrected chi connectivity index (χ0v) is 26.2. The van der Waals surface area contributed by atoms with E-state index in [1.54, 1.807) is 35.2 Å².